The van der Waals surface area contributed by atoms with Gasteiger partial charge in [0.15, 0.2) is 0 Å². The van der Waals surface area contributed by atoms with E-state index in [1.165, 1.54) is 16.8 Å². The molecule has 2 aromatic carbocycles. The molecule has 1 aliphatic heterocycles. The molecule has 0 amide bonds. The molecule has 106 valence electrons. The molecule has 0 bridgehead atoms. The van der Waals surface area contributed by atoms with E-state index in [2.05, 4.69) is 65.3 Å². The summed E-state index contributed by atoms with van der Waals surface area (Å²) >= 11 is 0. The highest BCUT2D eigenvalue weighted by Crippen LogP contribution is 2.32. The number of aromatic nitrogens is 1. The topological polar surface area (TPSA) is 19.4 Å². The van der Waals surface area contributed by atoms with Gasteiger partial charge in [-0.15, -0.1) is 0 Å². The molecule has 3 aromatic rings. The molecule has 0 fully saturated rings. The molecule has 3 heteroatoms. The number of anilines is 2. The van der Waals surface area contributed by atoms with E-state index in [9.17, 15) is 0 Å². The first-order valence-electron chi connectivity index (χ1n) is 7.07. The zero-order valence-electron chi connectivity index (χ0n) is 12.4. The second kappa shape index (κ2) is 5.83. The average Bonchev–Trinajstić information content (AvgIpc) is 2.83. The lowest BCUT2D eigenvalue weighted by molar-refractivity contribution is 0.916. The van der Waals surface area contributed by atoms with E-state index >= 15 is 0 Å². The van der Waals surface area contributed by atoms with Crippen molar-refractivity contribution >= 4 is 22.3 Å². The second-order valence-corrected chi connectivity index (χ2v) is 5.22. The highest BCUT2D eigenvalue weighted by molar-refractivity contribution is 5.77. The summed E-state index contributed by atoms with van der Waals surface area (Å²) in [7, 11) is 4.23. The molecule has 1 aliphatic rings. The van der Waals surface area contributed by atoms with E-state index < -0.39 is 0 Å². The monoisotopic (exact) mass is 277 g/mol. The Kier molecular flexibility index (Phi) is 3.73. The van der Waals surface area contributed by atoms with Crippen LogP contribution in [0.5, 0.6) is 0 Å². The van der Waals surface area contributed by atoms with Gasteiger partial charge >= 0.3 is 0 Å². The van der Waals surface area contributed by atoms with Crippen LogP contribution >= 0.6 is 0 Å². The van der Waals surface area contributed by atoms with Crippen molar-refractivity contribution in [3.8, 4) is 0 Å². The van der Waals surface area contributed by atoms with Gasteiger partial charge in [-0.3, -0.25) is 4.98 Å². The first-order chi connectivity index (χ1) is 10.3. The third-order valence-electron chi connectivity index (χ3n) is 3.64. The molecule has 1 aromatic heterocycles. The van der Waals surface area contributed by atoms with Gasteiger partial charge in [-0.1, -0.05) is 36.4 Å². The fourth-order valence-electron chi connectivity index (χ4n) is 2.60. The van der Waals surface area contributed by atoms with Crippen molar-refractivity contribution in [1.82, 2.24) is 4.98 Å². The Balaban J connectivity index is 0.000000126. The SMILES string of the molecule is CN1CN(C)c2ccccc21.c1ccc2ncccc2c1. The van der Waals surface area contributed by atoms with Crippen LogP contribution in [0.3, 0.4) is 0 Å². The van der Waals surface area contributed by atoms with Gasteiger partial charge in [-0.25, -0.2) is 0 Å². The summed E-state index contributed by atoms with van der Waals surface area (Å²) in [5.74, 6) is 0. The summed E-state index contributed by atoms with van der Waals surface area (Å²) in [6, 6.07) is 20.5. The molecular weight excluding hydrogens is 258 g/mol. The number of pyridine rings is 1. The van der Waals surface area contributed by atoms with Crippen LogP contribution < -0.4 is 9.80 Å². The molecule has 4 rings (SSSR count). The zero-order chi connectivity index (χ0) is 14.7. The first-order valence-corrected chi connectivity index (χ1v) is 7.07. The first kappa shape index (κ1) is 13.4. The van der Waals surface area contributed by atoms with Crippen LogP contribution in [-0.2, 0) is 0 Å². The van der Waals surface area contributed by atoms with Crippen LogP contribution in [0.2, 0.25) is 0 Å². The lowest BCUT2D eigenvalue weighted by Crippen LogP contribution is -2.23. The fraction of sp³-hybridized carbons (Fsp3) is 0.167. The van der Waals surface area contributed by atoms with Crippen LogP contribution in [-0.4, -0.2) is 25.7 Å². The van der Waals surface area contributed by atoms with Gasteiger partial charge in [-0.05, 0) is 24.3 Å². The summed E-state index contributed by atoms with van der Waals surface area (Å²) in [6.45, 7) is 0.999. The largest absolute Gasteiger partial charge is 0.355 e. The van der Waals surface area contributed by atoms with Crippen molar-refractivity contribution < 1.29 is 0 Å². The van der Waals surface area contributed by atoms with E-state index in [0.29, 0.717) is 0 Å². The lowest BCUT2D eigenvalue weighted by atomic mass is 10.2. The number of para-hydroxylation sites is 3. The Labute approximate surface area is 125 Å². The van der Waals surface area contributed by atoms with Gasteiger partial charge in [0.1, 0.15) is 0 Å². The van der Waals surface area contributed by atoms with Crippen molar-refractivity contribution in [2.45, 2.75) is 0 Å². The Hall–Kier alpha value is -2.55. The molecule has 0 radical (unpaired) electrons. The van der Waals surface area contributed by atoms with Crippen LogP contribution in [0.25, 0.3) is 10.9 Å². The maximum Gasteiger partial charge on any atom is 0.0898 e. The second-order valence-electron chi connectivity index (χ2n) is 5.22. The molecule has 21 heavy (non-hydrogen) atoms. The standard InChI is InChI=1S/C9H12N2.C9H7N/c1-10-7-11(2)9-6-4-3-5-8(9)10;1-2-6-9-8(4-1)5-3-7-10-9/h3-6H,7H2,1-2H3;1-7H. The van der Waals surface area contributed by atoms with E-state index in [0.717, 1.165) is 12.2 Å². The summed E-state index contributed by atoms with van der Waals surface area (Å²) in [6.07, 6.45) is 1.81. The lowest BCUT2D eigenvalue weighted by Gasteiger charge is -2.11. The van der Waals surface area contributed by atoms with Gasteiger partial charge in [0.05, 0.1) is 23.6 Å². The van der Waals surface area contributed by atoms with Crippen molar-refractivity contribution in [2.75, 3.05) is 30.6 Å². The molecule has 0 unspecified atom stereocenters. The summed E-state index contributed by atoms with van der Waals surface area (Å²) in [5, 5.41) is 1.20. The maximum atomic E-state index is 4.18. The highest BCUT2D eigenvalue weighted by Gasteiger charge is 2.18. The van der Waals surface area contributed by atoms with E-state index in [1.54, 1.807) is 0 Å². The van der Waals surface area contributed by atoms with Gasteiger partial charge < -0.3 is 9.80 Å². The van der Waals surface area contributed by atoms with Gasteiger partial charge in [0, 0.05) is 25.7 Å². The third-order valence-corrected chi connectivity index (χ3v) is 3.64. The Morgan fingerprint density at radius 2 is 1.33 bits per heavy atom. The third kappa shape index (κ3) is 2.82. The Bertz CT molecular complexity index is 647. The van der Waals surface area contributed by atoms with Crippen LogP contribution in [0.4, 0.5) is 11.4 Å². The number of fused-ring (bicyclic) bond motifs is 2. The predicted molar refractivity (Wildman–Crippen MR) is 89.9 cm³/mol. The van der Waals surface area contributed by atoms with Crippen molar-refractivity contribution in [3.63, 3.8) is 0 Å². The molecule has 0 saturated heterocycles. The molecule has 0 aliphatic carbocycles. The van der Waals surface area contributed by atoms with Crippen molar-refractivity contribution in [1.29, 1.82) is 0 Å². The van der Waals surface area contributed by atoms with Crippen LogP contribution in [0.15, 0.2) is 66.9 Å². The molecule has 0 N–H and O–H groups in total. The smallest absolute Gasteiger partial charge is 0.0898 e. The molecule has 2 heterocycles. The van der Waals surface area contributed by atoms with E-state index in [1.807, 2.05) is 30.5 Å². The molecule has 0 spiro atoms. The van der Waals surface area contributed by atoms with Crippen molar-refractivity contribution in [2.24, 2.45) is 0 Å². The minimum Gasteiger partial charge on any atom is -0.355 e. The van der Waals surface area contributed by atoms with Gasteiger partial charge in [0.2, 0.25) is 0 Å². The van der Waals surface area contributed by atoms with Crippen molar-refractivity contribution in [3.05, 3.63) is 66.9 Å². The summed E-state index contributed by atoms with van der Waals surface area (Å²) in [5.41, 5.74) is 3.72. The highest BCUT2D eigenvalue weighted by atomic mass is 15.3. The number of nitrogens with zero attached hydrogens (tertiary/aromatic N) is 3. The zero-order valence-corrected chi connectivity index (χ0v) is 12.4. The normalized spacial score (nSPS) is 12.9. The van der Waals surface area contributed by atoms with E-state index in [-0.39, 0.29) is 0 Å². The number of hydrogen-bond acceptors (Lipinski definition) is 3. The quantitative estimate of drug-likeness (QED) is 0.623. The predicted octanol–water partition coefficient (Wildman–Crippen LogP) is 3.76. The molecule has 3 nitrogen and oxygen atoms in total. The maximum absolute atomic E-state index is 4.18. The fourth-order valence-corrected chi connectivity index (χ4v) is 2.60. The number of benzene rings is 2. The number of hydrogen-bond donors (Lipinski definition) is 0. The average molecular weight is 277 g/mol. The summed E-state index contributed by atoms with van der Waals surface area (Å²) < 4.78 is 0. The molecule has 0 atom stereocenters. The van der Waals surface area contributed by atoms with Gasteiger partial charge in [0.25, 0.3) is 0 Å². The number of rotatable bonds is 0. The summed E-state index contributed by atoms with van der Waals surface area (Å²) in [4.78, 5) is 8.67. The molecule has 0 saturated carbocycles. The van der Waals surface area contributed by atoms with Gasteiger partial charge in [-0.2, -0.15) is 0 Å². The minimum atomic E-state index is 0.999. The Morgan fingerprint density at radius 1 is 0.762 bits per heavy atom. The van der Waals surface area contributed by atoms with Crippen LogP contribution in [0, 0.1) is 0 Å². The molecular formula is C18H19N3. The Morgan fingerprint density at radius 3 is 2.00 bits per heavy atom. The minimum absolute atomic E-state index is 0.999. The van der Waals surface area contributed by atoms with E-state index in [4.69, 9.17) is 0 Å². The van der Waals surface area contributed by atoms with Crippen LogP contribution in [0.1, 0.15) is 0 Å².